The zero-order valence-corrected chi connectivity index (χ0v) is 16.3. The highest BCUT2D eigenvalue weighted by molar-refractivity contribution is 7.91. The molecule has 0 spiro atoms. The van der Waals surface area contributed by atoms with E-state index in [1.165, 1.54) is 0 Å². The fourth-order valence-electron chi connectivity index (χ4n) is 3.51. The first-order valence-corrected chi connectivity index (χ1v) is 10.9. The Labute approximate surface area is 164 Å². The highest BCUT2D eigenvalue weighted by Crippen LogP contribution is 2.25. The summed E-state index contributed by atoms with van der Waals surface area (Å²) < 4.78 is 25.3. The second kappa shape index (κ2) is 6.91. The molecule has 144 valence electrons. The summed E-state index contributed by atoms with van der Waals surface area (Å²) in [4.78, 5) is 13.1. The van der Waals surface area contributed by atoms with E-state index in [4.69, 9.17) is 0 Å². The fraction of sp³-hybridized carbons (Fsp3) is 0.238. The third-order valence-corrected chi connectivity index (χ3v) is 6.83. The number of rotatable bonds is 4. The van der Waals surface area contributed by atoms with Crippen molar-refractivity contribution in [2.75, 3.05) is 11.5 Å². The molecule has 1 amide bonds. The Morgan fingerprint density at radius 3 is 2.32 bits per heavy atom. The van der Waals surface area contributed by atoms with E-state index in [1.54, 1.807) is 17.7 Å². The van der Waals surface area contributed by atoms with Crippen molar-refractivity contribution in [2.24, 2.45) is 0 Å². The summed E-state index contributed by atoms with van der Waals surface area (Å²) >= 11 is 0. The second-order valence-electron chi connectivity index (χ2n) is 7.39. The zero-order chi connectivity index (χ0) is 19.8. The van der Waals surface area contributed by atoms with Crippen molar-refractivity contribution in [1.29, 1.82) is 0 Å². The molecule has 1 atom stereocenters. The summed E-state index contributed by atoms with van der Waals surface area (Å²) in [6.45, 7) is 1.77. The molecule has 0 aliphatic carbocycles. The topological polar surface area (TPSA) is 81.1 Å². The van der Waals surface area contributed by atoms with Gasteiger partial charge in [0, 0.05) is 5.56 Å². The molecule has 1 aliphatic rings. The Kier molecular flexibility index (Phi) is 4.55. The molecule has 1 saturated heterocycles. The van der Waals surface area contributed by atoms with Crippen molar-refractivity contribution in [3.05, 3.63) is 72.4 Å². The van der Waals surface area contributed by atoms with Gasteiger partial charge >= 0.3 is 0 Å². The number of hydrogen-bond acceptors (Lipinski definition) is 4. The largest absolute Gasteiger partial charge is 0.344 e. The van der Waals surface area contributed by atoms with Gasteiger partial charge in [0.25, 0.3) is 5.91 Å². The predicted octanol–water partition coefficient (Wildman–Crippen LogP) is 2.85. The molecule has 4 rings (SSSR count). The smallest absolute Gasteiger partial charge is 0.270 e. The van der Waals surface area contributed by atoms with E-state index in [-0.39, 0.29) is 17.4 Å². The standard InChI is InChI=1S/C21H21N3O3S/c1-21(12-13-28(26,27)15-21)22-20(25)19-14-18(16-8-4-2-5-9-16)23-24(19)17-10-6-3-7-11-17/h2-11,14H,12-13,15H2,1H3,(H,22,25). The molecular weight excluding hydrogens is 374 g/mol. The van der Waals surface area contributed by atoms with Crippen LogP contribution >= 0.6 is 0 Å². The van der Waals surface area contributed by atoms with Gasteiger partial charge in [0.2, 0.25) is 0 Å². The van der Waals surface area contributed by atoms with Crippen molar-refractivity contribution < 1.29 is 13.2 Å². The first-order valence-electron chi connectivity index (χ1n) is 9.09. The van der Waals surface area contributed by atoms with Crippen LogP contribution < -0.4 is 5.32 Å². The molecule has 1 aromatic heterocycles. The van der Waals surface area contributed by atoms with Gasteiger partial charge in [-0.1, -0.05) is 48.5 Å². The van der Waals surface area contributed by atoms with Crippen LogP contribution in [-0.4, -0.2) is 41.2 Å². The second-order valence-corrected chi connectivity index (χ2v) is 9.57. The molecular formula is C21H21N3O3S. The summed E-state index contributed by atoms with van der Waals surface area (Å²) in [6, 6.07) is 20.8. The molecule has 0 saturated carbocycles. The number of aromatic nitrogens is 2. The minimum absolute atomic E-state index is 0.0449. The number of hydrogen-bond donors (Lipinski definition) is 1. The third-order valence-electron chi connectivity index (χ3n) is 4.93. The molecule has 1 aliphatic heterocycles. The van der Waals surface area contributed by atoms with Gasteiger partial charge in [0.15, 0.2) is 9.84 Å². The van der Waals surface area contributed by atoms with E-state index in [0.29, 0.717) is 17.8 Å². The van der Waals surface area contributed by atoms with Crippen LogP contribution in [0.1, 0.15) is 23.8 Å². The number of carbonyl (C=O) groups is 1. The van der Waals surface area contributed by atoms with Gasteiger partial charge < -0.3 is 5.32 Å². The lowest BCUT2D eigenvalue weighted by molar-refractivity contribution is 0.0907. The number of benzene rings is 2. The Hall–Kier alpha value is -2.93. The van der Waals surface area contributed by atoms with Crippen LogP contribution in [0.5, 0.6) is 0 Å². The predicted molar refractivity (Wildman–Crippen MR) is 108 cm³/mol. The van der Waals surface area contributed by atoms with Gasteiger partial charge in [-0.15, -0.1) is 0 Å². The van der Waals surface area contributed by atoms with E-state index in [9.17, 15) is 13.2 Å². The molecule has 6 nitrogen and oxygen atoms in total. The molecule has 0 radical (unpaired) electrons. The summed E-state index contributed by atoms with van der Waals surface area (Å²) in [5.74, 6) is -0.286. The minimum atomic E-state index is -3.12. The number of carbonyl (C=O) groups excluding carboxylic acids is 1. The van der Waals surface area contributed by atoms with Gasteiger partial charge in [-0.05, 0) is 31.5 Å². The Balaban J connectivity index is 1.73. The van der Waals surface area contributed by atoms with Crippen LogP contribution in [-0.2, 0) is 9.84 Å². The highest BCUT2D eigenvalue weighted by Gasteiger charge is 2.40. The molecule has 1 fully saturated rings. The summed E-state index contributed by atoms with van der Waals surface area (Å²) in [7, 11) is -3.12. The van der Waals surface area contributed by atoms with Crippen molar-refractivity contribution >= 4 is 15.7 Å². The molecule has 0 bridgehead atoms. The van der Waals surface area contributed by atoms with Crippen molar-refractivity contribution in [3.8, 4) is 16.9 Å². The maximum absolute atomic E-state index is 13.1. The first-order chi connectivity index (χ1) is 13.4. The number of sulfone groups is 1. The number of amides is 1. The lowest BCUT2D eigenvalue weighted by Gasteiger charge is -2.23. The maximum atomic E-state index is 13.1. The van der Waals surface area contributed by atoms with Gasteiger partial charge in [-0.2, -0.15) is 5.10 Å². The van der Waals surface area contributed by atoms with Gasteiger partial charge in [-0.3, -0.25) is 4.79 Å². The molecule has 3 aromatic rings. The average Bonchev–Trinajstić information content (AvgIpc) is 3.24. The van der Waals surface area contributed by atoms with Gasteiger partial charge in [0.05, 0.1) is 28.4 Å². The lowest BCUT2D eigenvalue weighted by Crippen LogP contribution is -2.47. The SMILES string of the molecule is CC1(NC(=O)c2cc(-c3ccccc3)nn2-c2ccccc2)CCS(=O)(=O)C1. The van der Waals surface area contributed by atoms with E-state index in [0.717, 1.165) is 11.3 Å². The Morgan fingerprint density at radius 2 is 1.71 bits per heavy atom. The van der Waals surface area contributed by atoms with Crippen LogP contribution in [0.25, 0.3) is 16.9 Å². The minimum Gasteiger partial charge on any atom is -0.344 e. The number of nitrogens with zero attached hydrogens (tertiary/aromatic N) is 2. The van der Waals surface area contributed by atoms with E-state index < -0.39 is 15.4 Å². The van der Waals surface area contributed by atoms with Gasteiger partial charge in [-0.25, -0.2) is 13.1 Å². The number of para-hydroxylation sites is 1. The summed E-state index contributed by atoms with van der Waals surface area (Å²) in [5, 5.41) is 7.56. The lowest BCUT2D eigenvalue weighted by atomic mass is 10.0. The monoisotopic (exact) mass is 395 g/mol. The molecule has 1 unspecified atom stereocenters. The van der Waals surface area contributed by atoms with E-state index in [1.807, 2.05) is 60.7 Å². The zero-order valence-electron chi connectivity index (χ0n) is 15.5. The Morgan fingerprint density at radius 1 is 1.07 bits per heavy atom. The summed E-state index contributed by atoms with van der Waals surface area (Å²) in [5.41, 5.74) is 1.95. The van der Waals surface area contributed by atoms with Crippen molar-refractivity contribution in [1.82, 2.24) is 15.1 Å². The highest BCUT2D eigenvalue weighted by atomic mass is 32.2. The van der Waals surface area contributed by atoms with Crippen molar-refractivity contribution in [2.45, 2.75) is 18.9 Å². The third kappa shape index (κ3) is 3.71. The van der Waals surface area contributed by atoms with Crippen LogP contribution in [0, 0.1) is 0 Å². The van der Waals surface area contributed by atoms with Crippen LogP contribution in [0.2, 0.25) is 0 Å². The van der Waals surface area contributed by atoms with Crippen LogP contribution in [0.15, 0.2) is 66.7 Å². The fourth-order valence-corrected chi connectivity index (χ4v) is 5.60. The van der Waals surface area contributed by atoms with Crippen LogP contribution in [0.4, 0.5) is 0 Å². The van der Waals surface area contributed by atoms with Crippen LogP contribution in [0.3, 0.4) is 0 Å². The maximum Gasteiger partial charge on any atom is 0.270 e. The van der Waals surface area contributed by atoms with E-state index in [2.05, 4.69) is 10.4 Å². The summed E-state index contributed by atoms with van der Waals surface area (Å²) in [6.07, 6.45) is 0.409. The molecule has 2 heterocycles. The molecule has 7 heteroatoms. The Bertz CT molecular complexity index is 1110. The molecule has 1 N–H and O–H groups in total. The van der Waals surface area contributed by atoms with Gasteiger partial charge in [0.1, 0.15) is 5.69 Å². The quantitative estimate of drug-likeness (QED) is 0.737. The molecule has 2 aromatic carbocycles. The van der Waals surface area contributed by atoms with E-state index >= 15 is 0 Å². The number of nitrogens with one attached hydrogen (secondary N) is 1. The normalized spacial score (nSPS) is 20.8. The molecule has 28 heavy (non-hydrogen) atoms. The first kappa shape index (κ1) is 18.4. The van der Waals surface area contributed by atoms with Crippen molar-refractivity contribution in [3.63, 3.8) is 0 Å². The average molecular weight is 395 g/mol.